The van der Waals surface area contributed by atoms with E-state index >= 15 is 0 Å². The van der Waals surface area contributed by atoms with Gasteiger partial charge in [-0.05, 0) is 25.0 Å². The van der Waals surface area contributed by atoms with Crippen molar-refractivity contribution in [1.82, 2.24) is 15.5 Å². The molecule has 2 saturated heterocycles. The number of nitrogens with zero attached hydrogens (tertiary/aromatic N) is 1. The van der Waals surface area contributed by atoms with Crippen LogP contribution in [0.25, 0.3) is 0 Å². The number of rotatable bonds is 3. The zero-order valence-electron chi connectivity index (χ0n) is 13.5. The normalized spacial score (nSPS) is 22.2. The minimum atomic E-state index is -0.500. The van der Waals surface area contributed by atoms with Crippen molar-refractivity contribution in [3.8, 4) is 0 Å². The number of halogens is 1. The summed E-state index contributed by atoms with van der Waals surface area (Å²) in [6.07, 6.45) is 0.870. The van der Waals surface area contributed by atoms with Gasteiger partial charge in [0.15, 0.2) is 0 Å². The molecule has 24 heavy (non-hydrogen) atoms. The molecule has 6 nitrogen and oxygen atoms in total. The summed E-state index contributed by atoms with van der Waals surface area (Å²) < 4.78 is 19.2. The van der Waals surface area contributed by atoms with Crippen LogP contribution in [0.3, 0.4) is 0 Å². The lowest BCUT2D eigenvalue weighted by Gasteiger charge is -2.33. The van der Waals surface area contributed by atoms with Crippen molar-refractivity contribution in [3.05, 3.63) is 35.6 Å². The van der Waals surface area contributed by atoms with Gasteiger partial charge in [0.1, 0.15) is 11.9 Å². The van der Waals surface area contributed by atoms with Gasteiger partial charge in [-0.15, -0.1) is 0 Å². The Kier molecular flexibility index (Phi) is 5.42. The third-order valence-corrected chi connectivity index (χ3v) is 4.45. The van der Waals surface area contributed by atoms with Gasteiger partial charge < -0.3 is 20.3 Å². The van der Waals surface area contributed by atoms with Gasteiger partial charge in [-0.1, -0.05) is 12.1 Å². The van der Waals surface area contributed by atoms with Crippen molar-refractivity contribution >= 4 is 11.8 Å². The fourth-order valence-corrected chi connectivity index (χ4v) is 3.06. The fourth-order valence-electron chi connectivity index (χ4n) is 3.06. The highest BCUT2D eigenvalue weighted by Crippen LogP contribution is 2.16. The minimum Gasteiger partial charge on any atom is -0.366 e. The van der Waals surface area contributed by atoms with E-state index in [2.05, 4.69) is 10.6 Å². The van der Waals surface area contributed by atoms with Crippen molar-refractivity contribution in [3.63, 3.8) is 0 Å². The van der Waals surface area contributed by atoms with E-state index in [0.717, 1.165) is 6.54 Å². The summed E-state index contributed by atoms with van der Waals surface area (Å²) in [5.74, 6) is -0.904. The molecule has 130 valence electrons. The third kappa shape index (κ3) is 3.91. The van der Waals surface area contributed by atoms with Crippen LogP contribution in [0.15, 0.2) is 24.3 Å². The van der Waals surface area contributed by atoms with Crippen molar-refractivity contribution < 1.29 is 18.7 Å². The Morgan fingerprint density at radius 1 is 1.25 bits per heavy atom. The number of carbonyl (C=O) groups is 2. The molecule has 0 aliphatic carbocycles. The first-order chi connectivity index (χ1) is 11.6. The molecule has 0 radical (unpaired) electrons. The van der Waals surface area contributed by atoms with Crippen LogP contribution >= 0.6 is 0 Å². The molecule has 0 spiro atoms. The number of morpholine rings is 1. The second-order valence-electron chi connectivity index (χ2n) is 6.12. The number of piperidine rings is 1. The summed E-state index contributed by atoms with van der Waals surface area (Å²) in [5, 5.41) is 6.11. The van der Waals surface area contributed by atoms with Gasteiger partial charge in [0, 0.05) is 32.2 Å². The van der Waals surface area contributed by atoms with E-state index in [0.29, 0.717) is 39.1 Å². The Balaban J connectivity index is 1.49. The average Bonchev–Trinajstić information content (AvgIpc) is 2.63. The van der Waals surface area contributed by atoms with Gasteiger partial charge in [0.25, 0.3) is 11.8 Å². The first-order valence-corrected chi connectivity index (χ1v) is 8.31. The van der Waals surface area contributed by atoms with Crippen LogP contribution in [0.2, 0.25) is 0 Å². The number of benzene rings is 1. The molecule has 2 N–H and O–H groups in total. The van der Waals surface area contributed by atoms with Crippen LogP contribution in [0, 0.1) is 5.82 Å². The Labute approximate surface area is 140 Å². The summed E-state index contributed by atoms with van der Waals surface area (Å²) in [6, 6.07) is 6.03. The Hall–Kier alpha value is -1.99. The van der Waals surface area contributed by atoms with Gasteiger partial charge in [-0.3, -0.25) is 9.59 Å². The number of hydrogen-bond donors (Lipinski definition) is 2. The molecule has 1 atom stereocenters. The lowest BCUT2D eigenvalue weighted by molar-refractivity contribution is -0.135. The molecule has 0 aromatic heterocycles. The maximum atomic E-state index is 13.7. The lowest BCUT2D eigenvalue weighted by Crippen LogP contribution is -2.53. The van der Waals surface area contributed by atoms with E-state index in [-0.39, 0.29) is 23.4 Å². The standard InChI is InChI=1S/C17H22FN3O3/c18-14-4-2-1-3-13(14)17(23)21-8-5-12(6-9-21)20-16(22)15-11-19-7-10-24-15/h1-4,12,15,19H,5-11H2,(H,20,22). The Morgan fingerprint density at radius 3 is 2.67 bits per heavy atom. The first-order valence-electron chi connectivity index (χ1n) is 8.31. The van der Waals surface area contributed by atoms with Gasteiger partial charge >= 0.3 is 0 Å². The predicted molar refractivity (Wildman–Crippen MR) is 86.1 cm³/mol. The molecule has 7 heteroatoms. The van der Waals surface area contributed by atoms with Gasteiger partial charge in [0.2, 0.25) is 0 Å². The molecule has 1 aromatic carbocycles. The maximum absolute atomic E-state index is 13.7. The number of nitrogens with one attached hydrogen (secondary N) is 2. The highest BCUT2D eigenvalue weighted by atomic mass is 19.1. The fraction of sp³-hybridized carbons (Fsp3) is 0.529. The zero-order chi connectivity index (χ0) is 16.9. The maximum Gasteiger partial charge on any atom is 0.256 e. The second-order valence-corrected chi connectivity index (χ2v) is 6.12. The Bertz CT molecular complexity index is 596. The Morgan fingerprint density at radius 2 is 2.00 bits per heavy atom. The molecule has 3 rings (SSSR count). The van der Waals surface area contributed by atoms with E-state index in [4.69, 9.17) is 4.74 Å². The van der Waals surface area contributed by atoms with Crippen LogP contribution < -0.4 is 10.6 Å². The van der Waals surface area contributed by atoms with Crippen LogP contribution in [0.4, 0.5) is 4.39 Å². The highest BCUT2D eigenvalue weighted by Gasteiger charge is 2.28. The number of likely N-dealkylation sites (tertiary alicyclic amines) is 1. The molecule has 2 amide bonds. The van der Waals surface area contributed by atoms with Crippen molar-refractivity contribution in [2.24, 2.45) is 0 Å². The van der Waals surface area contributed by atoms with Gasteiger partial charge in [0.05, 0.1) is 12.2 Å². The van der Waals surface area contributed by atoms with E-state index in [1.807, 2.05) is 0 Å². The quantitative estimate of drug-likeness (QED) is 0.846. The molecular weight excluding hydrogens is 313 g/mol. The summed E-state index contributed by atoms with van der Waals surface area (Å²) in [6.45, 7) is 2.83. The van der Waals surface area contributed by atoms with Gasteiger partial charge in [-0.2, -0.15) is 0 Å². The van der Waals surface area contributed by atoms with Crippen LogP contribution in [0.1, 0.15) is 23.2 Å². The average molecular weight is 335 g/mol. The molecule has 2 heterocycles. The number of carbonyl (C=O) groups excluding carboxylic acids is 2. The van der Waals surface area contributed by atoms with E-state index in [1.165, 1.54) is 12.1 Å². The van der Waals surface area contributed by atoms with Crippen LogP contribution in [-0.4, -0.2) is 61.6 Å². The monoisotopic (exact) mass is 335 g/mol. The van der Waals surface area contributed by atoms with Gasteiger partial charge in [-0.25, -0.2) is 4.39 Å². The molecule has 1 unspecified atom stereocenters. The van der Waals surface area contributed by atoms with Crippen molar-refractivity contribution in [2.45, 2.75) is 25.0 Å². The smallest absolute Gasteiger partial charge is 0.256 e. The number of hydrogen-bond acceptors (Lipinski definition) is 4. The van der Waals surface area contributed by atoms with E-state index < -0.39 is 11.9 Å². The molecule has 2 fully saturated rings. The van der Waals surface area contributed by atoms with Crippen LogP contribution in [0.5, 0.6) is 0 Å². The van der Waals surface area contributed by atoms with E-state index in [9.17, 15) is 14.0 Å². The molecule has 0 saturated carbocycles. The minimum absolute atomic E-state index is 0.0210. The van der Waals surface area contributed by atoms with Crippen molar-refractivity contribution in [1.29, 1.82) is 0 Å². The SMILES string of the molecule is O=C(NC1CCN(C(=O)c2ccccc2F)CC1)C1CNCCO1. The first kappa shape index (κ1) is 16.9. The highest BCUT2D eigenvalue weighted by molar-refractivity contribution is 5.94. The lowest BCUT2D eigenvalue weighted by atomic mass is 10.0. The summed E-state index contributed by atoms with van der Waals surface area (Å²) in [5.41, 5.74) is 0.0988. The summed E-state index contributed by atoms with van der Waals surface area (Å²) in [4.78, 5) is 26.1. The zero-order valence-corrected chi connectivity index (χ0v) is 13.5. The molecular formula is C17H22FN3O3. The topological polar surface area (TPSA) is 70.7 Å². The van der Waals surface area contributed by atoms with E-state index in [1.54, 1.807) is 17.0 Å². The van der Waals surface area contributed by atoms with Crippen molar-refractivity contribution in [2.75, 3.05) is 32.8 Å². The second kappa shape index (κ2) is 7.72. The van der Waals surface area contributed by atoms with Crippen LogP contribution in [-0.2, 0) is 9.53 Å². The largest absolute Gasteiger partial charge is 0.366 e. The number of amides is 2. The number of ether oxygens (including phenoxy) is 1. The molecule has 1 aromatic rings. The third-order valence-electron chi connectivity index (χ3n) is 4.45. The summed E-state index contributed by atoms with van der Waals surface area (Å²) >= 11 is 0. The molecule has 2 aliphatic rings. The summed E-state index contributed by atoms with van der Waals surface area (Å²) in [7, 11) is 0. The molecule has 0 bridgehead atoms. The predicted octanol–water partition coefficient (Wildman–Crippen LogP) is 0.535. The molecule has 2 aliphatic heterocycles.